The van der Waals surface area contributed by atoms with Crippen molar-refractivity contribution in [3.05, 3.63) is 217 Å². The van der Waals surface area contributed by atoms with Crippen LogP contribution in [0.2, 0.25) is 0 Å². The number of hydrogen-bond acceptors (Lipinski definition) is 0. The molecule has 13 aromatic rings. The van der Waals surface area contributed by atoms with E-state index < -0.39 is 0 Å². The van der Waals surface area contributed by atoms with Crippen LogP contribution in [-0.2, 0) is 0 Å². The zero-order chi connectivity index (χ0) is 43.4. The van der Waals surface area contributed by atoms with E-state index in [1.54, 1.807) is 0 Å². The highest BCUT2D eigenvalue weighted by molar-refractivity contribution is 6.42. The Labute approximate surface area is 383 Å². The van der Waals surface area contributed by atoms with E-state index in [2.05, 4.69) is 220 Å². The van der Waals surface area contributed by atoms with Gasteiger partial charge in [-0.2, -0.15) is 0 Å². The van der Waals surface area contributed by atoms with Gasteiger partial charge in [0.25, 0.3) is 0 Å². The Morgan fingerprint density at radius 1 is 0.182 bits per heavy atom. The molecule has 0 bridgehead atoms. The Balaban J connectivity index is 1.09. The minimum Gasteiger partial charge on any atom is -0.0622 e. The molecule has 0 saturated heterocycles. The molecule has 2 aliphatic rings. The Morgan fingerprint density at radius 2 is 0.470 bits per heavy atom. The van der Waals surface area contributed by atoms with Crippen LogP contribution in [-0.4, -0.2) is 0 Å². The molecule has 0 heterocycles. The first-order valence-corrected chi connectivity index (χ1v) is 23.3. The molecule has 0 fully saturated rings. The number of hydrogen-bond donors (Lipinski definition) is 0. The van der Waals surface area contributed by atoms with E-state index >= 15 is 0 Å². The average molecular weight is 833 g/mol. The highest BCUT2D eigenvalue weighted by Gasteiger charge is 2.35. The fraction of sp³-hybridized carbons (Fsp3) is 0.0303. The lowest BCUT2D eigenvalue weighted by Crippen LogP contribution is -1.94. The van der Waals surface area contributed by atoms with Gasteiger partial charge in [-0.1, -0.05) is 206 Å². The second-order valence-corrected chi connectivity index (χ2v) is 18.6. The first kappa shape index (κ1) is 36.1. The van der Waals surface area contributed by atoms with E-state index in [4.69, 9.17) is 0 Å². The van der Waals surface area contributed by atoms with Crippen molar-refractivity contribution < 1.29 is 0 Å². The predicted octanol–water partition coefficient (Wildman–Crippen LogP) is 18.6. The van der Waals surface area contributed by atoms with Gasteiger partial charge in [0.05, 0.1) is 0 Å². The van der Waals surface area contributed by atoms with Gasteiger partial charge in [-0.3, -0.25) is 0 Å². The number of fused-ring (bicyclic) bond motifs is 10. The highest BCUT2D eigenvalue weighted by atomic mass is 14.4. The van der Waals surface area contributed by atoms with Gasteiger partial charge in [-0.25, -0.2) is 0 Å². The third-order valence-electron chi connectivity index (χ3n) is 15.4. The van der Waals surface area contributed by atoms with Crippen molar-refractivity contribution in [3.63, 3.8) is 0 Å². The van der Waals surface area contributed by atoms with E-state index in [1.807, 2.05) is 0 Å². The number of rotatable bonds is 4. The summed E-state index contributed by atoms with van der Waals surface area (Å²) >= 11 is 0. The summed E-state index contributed by atoms with van der Waals surface area (Å²) in [5.74, 6) is 0. The van der Waals surface area contributed by atoms with Crippen molar-refractivity contribution in [2.45, 2.75) is 13.8 Å². The SMILES string of the molecule is Cc1ccccc1-c1c2c(c(-c3ccccc3)c3ccccc13)-c1ccc3c4ccc5c6c(ccc(c7ccc-2c1c37)c64)-c1c-5c(-c2ccccc2)c2ccccc2c1-c1ccccc1C. The normalized spacial score (nSPS) is 12.4. The van der Waals surface area contributed by atoms with Crippen LogP contribution in [0.4, 0.5) is 0 Å². The van der Waals surface area contributed by atoms with Gasteiger partial charge >= 0.3 is 0 Å². The molecule has 0 amide bonds. The van der Waals surface area contributed by atoms with E-state index in [-0.39, 0.29) is 0 Å². The van der Waals surface area contributed by atoms with Crippen molar-refractivity contribution in [1.82, 2.24) is 0 Å². The van der Waals surface area contributed by atoms with E-state index in [0.29, 0.717) is 0 Å². The summed E-state index contributed by atoms with van der Waals surface area (Å²) in [5, 5.41) is 15.9. The molecule has 0 aliphatic heterocycles. The second kappa shape index (κ2) is 13.1. The molecule has 2 aliphatic carbocycles. The predicted molar refractivity (Wildman–Crippen MR) is 283 cm³/mol. The molecule has 15 rings (SSSR count). The lowest BCUT2D eigenvalue weighted by molar-refractivity contribution is 1.47. The van der Waals surface area contributed by atoms with Gasteiger partial charge in [-0.15, -0.1) is 0 Å². The van der Waals surface area contributed by atoms with Gasteiger partial charge in [-0.05, 0) is 179 Å². The summed E-state index contributed by atoms with van der Waals surface area (Å²) in [6, 6.07) is 77.9. The zero-order valence-corrected chi connectivity index (χ0v) is 36.6. The molecular weight excluding hydrogens is 793 g/mol. The Kier molecular flexibility index (Phi) is 7.18. The quantitative estimate of drug-likeness (QED) is 0.122. The summed E-state index contributed by atoms with van der Waals surface area (Å²) in [4.78, 5) is 0. The summed E-state index contributed by atoms with van der Waals surface area (Å²) in [6.45, 7) is 4.53. The smallest absolute Gasteiger partial charge is 0.000730 e. The molecule has 0 atom stereocenters. The Hall–Kier alpha value is -8.32. The van der Waals surface area contributed by atoms with Gasteiger partial charge in [0.15, 0.2) is 0 Å². The maximum absolute atomic E-state index is 2.46. The molecular formula is C66H40. The monoisotopic (exact) mass is 832 g/mol. The maximum atomic E-state index is 2.46. The molecule has 304 valence electrons. The van der Waals surface area contributed by atoms with Crippen LogP contribution in [0.5, 0.6) is 0 Å². The van der Waals surface area contributed by atoms with Crippen molar-refractivity contribution in [2.24, 2.45) is 0 Å². The lowest BCUT2D eigenvalue weighted by atomic mass is 9.82. The van der Waals surface area contributed by atoms with Gasteiger partial charge in [0, 0.05) is 0 Å². The molecule has 0 nitrogen and oxygen atoms in total. The van der Waals surface area contributed by atoms with E-state index in [0.717, 1.165) is 0 Å². The van der Waals surface area contributed by atoms with Crippen LogP contribution < -0.4 is 0 Å². The van der Waals surface area contributed by atoms with Gasteiger partial charge in [0.1, 0.15) is 0 Å². The van der Waals surface area contributed by atoms with Crippen LogP contribution in [0.15, 0.2) is 206 Å². The van der Waals surface area contributed by atoms with Crippen LogP contribution in [0.25, 0.3) is 154 Å². The van der Waals surface area contributed by atoms with Gasteiger partial charge in [0.2, 0.25) is 0 Å². The molecule has 0 spiro atoms. The molecule has 0 aromatic heterocycles. The fourth-order valence-corrected chi connectivity index (χ4v) is 12.8. The minimum absolute atomic E-state index is 1.25. The number of aryl methyl sites for hydroxylation is 2. The minimum atomic E-state index is 1.25. The Morgan fingerprint density at radius 3 is 0.818 bits per heavy atom. The zero-order valence-electron chi connectivity index (χ0n) is 36.6. The van der Waals surface area contributed by atoms with Crippen LogP contribution in [0.3, 0.4) is 0 Å². The molecule has 0 saturated carbocycles. The molecule has 0 unspecified atom stereocenters. The first-order chi connectivity index (χ1) is 32.7. The summed E-state index contributed by atoms with van der Waals surface area (Å²) < 4.78 is 0. The van der Waals surface area contributed by atoms with E-state index in [1.165, 1.54) is 165 Å². The fourth-order valence-electron chi connectivity index (χ4n) is 12.8. The van der Waals surface area contributed by atoms with Crippen molar-refractivity contribution >= 4 is 64.6 Å². The molecule has 0 radical (unpaired) electrons. The first-order valence-electron chi connectivity index (χ1n) is 23.3. The van der Waals surface area contributed by atoms with Crippen molar-refractivity contribution in [3.8, 4) is 89.0 Å². The van der Waals surface area contributed by atoms with Crippen LogP contribution in [0, 0.1) is 13.8 Å². The Bertz CT molecular complexity index is 3970. The largest absolute Gasteiger partial charge is 0.0622 e. The molecule has 0 heteroatoms. The maximum Gasteiger partial charge on any atom is -0.000730 e. The summed E-state index contributed by atoms with van der Waals surface area (Å²) in [6.07, 6.45) is 0. The third-order valence-corrected chi connectivity index (χ3v) is 15.4. The van der Waals surface area contributed by atoms with Crippen molar-refractivity contribution in [1.29, 1.82) is 0 Å². The lowest BCUT2D eigenvalue weighted by Gasteiger charge is -2.21. The van der Waals surface area contributed by atoms with Crippen LogP contribution in [0.1, 0.15) is 11.1 Å². The third kappa shape index (κ3) is 4.53. The summed E-state index contributed by atoms with van der Waals surface area (Å²) in [7, 11) is 0. The van der Waals surface area contributed by atoms with Crippen LogP contribution >= 0.6 is 0 Å². The molecule has 0 N–H and O–H groups in total. The standard InChI is InChI=1S/C66H40/c1-37-17-9-11-23-41(37)57-45-27-15-13-25-43(45)55(39-19-5-3-6-20-39)63-51-33-29-47-48-30-34-52-62-54(36-32-50(60(48)62)49-31-35-53(65(57)63)61(51)59(47)49)66-58(42-24-12-10-18-38(42)2)46-28-16-14-26-44(46)56(64(52)66)40-21-7-4-8-22-40/h3-36H,1-2H3. The highest BCUT2D eigenvalue weighted by Crippen LogP contribution is 2.63. The topological polar surface area (TPSA) is 0 Å². The molecule has 13 aromatic carbocycles. The average Bonchev–Trinajstić information content (AvgIpc) is 3.88. The summed E-state index contributed by atoms with van der Waals surface area (Å²) in [5.41, 5.74) is 23.6. The van der Waals surface area contributed by atoms with E-state index in [9.17, 15) is 0 Å². The van der Waals surface area contributed by atoms with Gasteiger partial charge < -0.3 is 0 Å². The second-order valence-electron chi connectivity index (χ2n) is 18.6. The number of benzene rings is 13. The molecule has 66 heavy (non-hydrogen) atoms. The van der Waals surface area contributed by atoms with Crippen molar-refractivity contribution in [2.75, 3.05) is 0 Å².